The minimum Gasteiger partial charge on any atom is -0.316 e. The van der Waals surface area contributed by atoms with Crippen LogP contribution < -0.4 is 5.32 Å². The molecular weight excluding hydrogens is 182 g/mol. The molecule has 0 aromatic heterocycles. The minimum atomic E-state index is 0.604. The van der Waals surface area contributed by atoms with E-state index in [0.29, 0.717) is 5.41 Å². The lowest BCUT2D eigenvalue weighted by Gasteiger charge is -2.45. The van der Waals surface area contributed by atoms with Gasteiger partial charge in [0.05, 0.1) is 0 Å². The van der Waals surface area contributed by atoms with Crippen LogP contribution in [-0.2, 0) is 0 Å². The largest absolute Gasteiger partial charge is 0.316 e. The Morgan fingerprint density at radius 2 is 1.80 bits per heavy atom. The molecule has 1 aliphatic rings. The minimum absolute atomic E-state index is 0.604. The molecule has 90 valence electrons. The summed E-state index contributed by atoms with van der Waals surface area (Å²) in [6, 6.07) is 0. The van der Waals surface area contributed by atoms with Gasteiger partial charge in [-0.15, -0.1) is 0 Å². The van der Waals surface area contributed by atoms with Crippen molar-refractivity contribution < 1.29 is 0 Å². The van der Waals surface area contributed by atoms with Crippen LogP contribution in [0.15, 0.2) is 0 Å². The van der Waals surface area contributed by atoms with Gasteiger partial charge in [0.2, 0.25) is 0 Å². The topological polar surface area (TPSA) is 12.0 Å². The molecule has 15 heavy (non-hydrogen) atoms. The lowest BCUT2D eigenvalue weighted by molar-refractivity contribution is 0.0707. The van der Waals surface area contributed by atoms with Gasteiger partial charge in [-0.25, -0.2) is 0 Å². The van der Waals surface area contributed by atoms with Gasteiger partial charge in [0.15, 0.2) is 0 Å². The summed E-state index contributed by atoms with van der Waals surface area (Å²) in [6.07, 6.45) is 7.12. The predicted octanol–water partition coefficient (Wildman–Crippen LogP) is 3.84. The molecule has 1 heteroatoms. The Labute approximate surface area is 96.0 Å². The second-order valence-electron chi connectivity index (χ2n) is 5.72. The average molecular weight is 211 g/mol. The molecular formula is C14H29N. The van der Waals surface area contributed by atoms with Crippen molar-refractivity contribution in [2.24, 2.45) is 17.3 Å². The third-order valence-electron chi connectivity index (χ3n) is 4.41. The van der Waals surface area contributed by atoms with Gasteiger partial charge < -0.3 is 5.32 Å². The molecule has 1 aliphatic carbocycles. The number of hydrogen-bond donors (Lipinski definition) is 1. The molecule has 0 aromatic carbocycles. The Balaban J connectivity index is 2.41. The first kappa shape index (κ1) is 13.0. The van der Waals surface area contributed by atoms with E-state index in [1.807, 2.05) is 0 Å². The highest BCUT2D eigenvalue weighted by Gasteiger charge is 2.38. The van der Waals surface area contributed by atoms with Gasteiger partial charge in [0, 0.05) is 6.54 Å². The molecule has 0 aromatic rings. The Kier molecular flexibility index (Phi) is 5.11. The molecule has 0 aliphatic heterocycles. The molecule has 0 radical (unpaired) electrons. The van der Waals surface area contributed by atoms with Crippen molar-refractivity contribution >= 4 is 0 Å². The number of rotatable bonds is 7. The summed E-state index contributed by atoms with van der Waals surface area (Å²) in [5.74, 6) is 1.78. The summed E-state index contributed by atoms with van der Waals surface area (Å²) < 4.78 is 0. The van der Waals surface area contributed by atoms with Crippen molar-refractivity contribution in [2.75, 3.05) is 13.1 Å². The molecule has 1 saturated carbocycles. The van der Waals surface area contributed by atoms with Gasteiger partial charge in [0.1, 0.15) is 0 Å². The lowest BCUT2D eigenvalue weighted by atomic mass is 9.62. The second-order valence-corrected chi connectivity index (χ2v) is 5.72. The van der Waals surface area contributed by atoms with Crippen LogP contribution in [-0.4, -0.2) is 13.1 Å². The molecule has 0 saturated heterocycles. The van der Waals surface area contributed by atoms with Crippen LogP contribution in [0.2, 0.25) is 0 Å². The zero-order chi connectivity index (χ0) is 11.3. The SMILES string of the molecule is CCC(CC)(CNCC(C)C)C1CCC1. The van der Waals surface area contributed by atoms with Gasteiger partial charge in [-0.3, -0.25) is 0 Å². The highest BCUT2D eigenvalue weighted by molar-refractivity contribution is 4.90. The average Bonchev–Trinajstić information content (AvgIpc) is 2.12. The molecule has 0 unspecified atom stereocenters. The third kappa shape index (κ3) is 3.21. The maximum atomic E-state index is 3.68. The van der Waals surface area contributed by atoms with Crippen LogP contribution >= 0.6 is 0 Å². The Bertz CT molecular complexity index is 166. The normalized spacial score (nSPS) is 18.2. The maximum Gasteiger partial charge on any atom is 0.00104 e. The van der Waals surface area contributed by atoms with Crippen LogP contribution in [0.3, 0.4) is 0 Å². The van der Waals surface area contributed by atoms with Gasteiger partial charge >= 0.3 is 0 Å². The summed E-state index contributed by atoms with van der Waals surface area (Å²) in [7, 11) is 0. The van der Waals surface area contributed by atoms with Crippen LogP contribution in [0.5, 0.6) is 0 Å². The summed E-state index contributed by atoms with van der Waals surface area (Å²) in [4.78, 5) is 0. The van der Waals surface area contributed by atoms with E-state index in [9.17, 15) is 0 Å². The first-order chi connectivity index (χ1) is 7.14. The number of hydrogen-bond acceptors (Lipinski definition) is 1. The molecule has 0 amide bonds. The molecule has 0 atom stereocenters. The zero-order valence-electron chi connectivity index (χ0n) is 11.1. The third-order valence-corrected chi connectivity index (χ3v) is 4.41. The van der Waals surface area contributed by atoms with Crippen molar-refractivity contribution in [3.63, 3.8) is 0 Å². The Morgan fingerprint density at radius 1 is 1.20 bits per heavy atom. The van der Waals surface area contributed by atoms with E-state index < -0.39 is 0 Å². The fourth-order valence-electron chi connectivity index (χ4n) is 2.85. The van der Waals surface area contributed by atoms with E-state index in [1.54, 1.807) is 0 Å². The van der Waals surface area contributed by atoms with Crippen molar-refractivity contribution in [1.82, 2.24) is 5.32 Å². The monoisotopic (exact) mass is 211 g/mol. The van der Waals surface area contributed by atoms with E-state index in [2.05, 4.69) is 33.0 Å². The highest BCUT2D eigenvalue weighted by Crippen LogP contribution is 2.46. The van der Waals surface area contributed by atoms with Crippen molar-refractivity contribution in [1.29, 1.82) is 0 Å². The van der Waals surface area contributed by atoms with Crippen molar-refractivity contribution in [3.8, 4) is 0 Å². The van der Waals surface area contributed by atoms with E-state index >= 15 is 0 Å². The van der Waals surface area contributed by atoms with Gasteiger partial charge in [-0.05, 0) is 49.5 Å². The summed E-state index contributed by atoms with van der Waals surface area (Å²) in [6.45, 7) is 11.7. The molecule has 1 nitrogen and oxygen atoms in total. The molecule has 0 heterocycles. The van der Waals surface area contributed by atoms with E-state index in [1.165, 1.54) is 45.2 Å². The lowest BCUT2D eigenvalue weighted by Crippen LogP contribution is -2.43. The van der Waals surface area contributed by atoms with Gasteiger partial charge in [-0.2, -0.15) is 0 Å². The molecule has 0 bridgehead atoms. The molecule has 1 rings (SSSR count). The van der Waals surface area contributed by atoms with Crippen LogP contribution in [0, 0.1) is 17.3 Å². The fraction of sp³-hybridized carbons (Fsp3) is 1.00. The zero-order valence-corrected chi connectivity index (χ0v) is 11.1. The first-order valence-corrected chi connectivity index (χ1v) is 6.85. The first-order valence-electron chi connectivity index (χ1n) is 6.85. The van der Waals surface area contributed by atoms with E-state index in [-0.39, 0.29) is 0 Å². The summed E-state index contributed by atoms with van der Waals surface area (Å²) in [5, 5.41) is 3.68. The van der Waals surface area contributed by atoms with Crippen molar-refractivity contribution in [3.05, 3.63) is 0 Å². The van der Waals surface area contributed by atoms with E-state index in [4.69, 9.17) is 0 Å². The van der Waals surface area contributed by atoms with Crippen LogP contribution in [0.1, 0.15) is 59.8 Å². The molecule has 1 N–H and O–H groups in total. The predicted molar refractivity (Wildman–Crippen MR) is 68.1 cm³/mol. The smallest absolute Gasteiger partial charge is 0.00104 e. The van der Waals surface area contributed by atoms with E-state index in [0.717, 1.165) is 11.8 Å². The fourth-order valence-corrected chi connectivity index (χ4v) is 2.85. The van der Waals surface area contributed by atoms with Crippen LogP contribution in [0.25, 0.3) is 0 Å². The maximum absolute atomic E-state index is 3.68. The van der Waals surface area contributed by atoms with Gasteiger partial charge in [-0.1, -0.05) is 34.1 Å². The van der Waals surface area contributed by atoms with Crippen LogP contribution in [0.4, 0.5) is 0 Å². The quantitative estimate of drug-likeness (QED) is 0.674. The summed E-state index contributed by atoms with van der Waals surface area (Å²) >= 11 is 0. The highest BCUT2D eigenvalue weighted by atomic mass is 14.9. The second kappa shape index (κ2) is 5.89. The Morgan fingerprint density at radius 3 is 2.13 bits per heavy atom. The standard InChI is InChI=1S/C14H29N/c1-5-14(6-2,13-8-7-9-13)11-15-10-12(3)4/h12-13,15H,5-11H2,1-4H3. The Hall–Kier alpha value is -0.0400. The van der Waals surface area contributed by atoms with Gasteiger partial charge in [0.25, 0.3) is 0 Å². The molecule has 0 spiro atoms. The summed E-state index contributed by atoms with van der Waals surface area (Å²) in [5.41, 5.74) is 0.604. The van der Waals surface area contributed by atoms with Crippen molar-refractivity contribution in [2.45, 2.75) is 59.8 Å². The number of nitrogens with one attached hydrogen (secondary N) is 1. The molecule has 1 fully saturated rings.